The molecule has 0 aliphatic rings. The number of hydrogen-bond acceptors (Lipinski definition) is 6. The minimum Gasteiger partial charge on any atom is -0.484 e. The van der Waals surface area contributed by atoms with Gasteiger partial charge in [0.15, 0.2) is 6.61 Å². The Kier molecular flexibility index (Phi) is 10.5. The van der Waals surface area contributed by atoms with Crippen LogP contribution in [0.3, 0.4) is 0 Å². The normalized spacial score (nSPS) is 12.0. The average molecular weight is 613 g/mol. The molecule has 2 amide bonds. The van der Waals surface area contributed by atoms with Gasteiger partial charge in [-0.2, -0.15) is 5.10 Å². The minimum absolute atomic E-state index is 0.0871. The van der Waals surface area contributed by atoms with Crippen LogP contribution in [-0.4, -0.2) is 39.6 Å². The number of hydrazone groups is 1. The van der Waals surface area contributed by atoms with Gasteiger partial charge in [0, 0.05) is 0 Å². The van der Waals surface area contributed by atoms with Crippen molar-refractivity contribution in [3.63, 3.8) is 0 Å². The number of aryl methyl sites for hydroxylation is 3. The highest BCUT2D eigenvalue weighted by atomic mass is 32.2. The number of benzene rings is 4. The van der Waals surface area contributed by atoms with Crippen LogP contribution in [0.2, 0.25) is 0 Å². The number of rotatable bonds is 12. The monoisotopic (exact) mass is 612 g/mol. The molecule has 9 nitrogen and oxygen atoms in total. The van der Waals surface area contributed by atoms with Gasteiger partial charge in [0.05, 0.1) is 22.8 Å². The predicted molar refractivity (Wildman–Crippen MR) is 172 cm³/mol. The lowest BCUT2D eigenvalue weighted by molar-refractivity contribution is -0.123. The second-order valence-corrected chi connectivity index (χ2v) is 12.4. The Morgan fingerprint density at radius 1 is 0.841 bits per heavy atom. The summed E-state index contributed by atoms with van der Waals surface area (Å²) < 4.78 is 33.9. The highest BCUT2D eigenvalue weighted by Crippen LogP contribution is 2.26. The Morgan fingerprint density at radius 2 is 1.48 bits per heavy atom. The molecule has 0 spiro atoms. The number of amides is 2. The second kappa shape index (κ2) is 14.5. The largest absolute Gasteiger partial charge is 0.484 e. The van der Waals surface area contributed by atoms with Gasteiger partial charge in [0.25, 0.3) is 21.8 Å². The molecule has 0 aromatic heterocycles. The number of sulfonamides is 1. The van der Waals surface area contributed by atoms with Gasteiger partial charge in [-0.25, -0.2) is 13.8 Å². The van der Waals surface area contributed by atoms with E-state index in [0.29, 0.717) is 17.0 Å². The van der Waals surface area contributed by atoms with Gasteiger partial charge in [0.2, 0.25) is 0 Å². The summed E-state index contributed by atoms with van der Waals surface area (Å²) in [5.41, 5.74) is 7.15. The van der Waals surface area contributed by atoms with Crippen LogP contribution >= 0.6 is 0 Å². The van der Waals surface area contributed by atoms with Crippen LogP contribution in [0, 0.1) is 20.8 Å². The van der Waals surface area contributed by atoms with E-state index in [1.807, 2.05) is 64.1 Å². The SMILES string of the molecule is Cc1ccc(S(=O)(=O)N(CC(=O)N/N=C\c2ccc(OCC(=O)N[C@@H](C)c3ccccc3)cc2)c2cc(C)cc(C)c2)cc1. The van der Waals surface area contributed by atoms with E-state index in [-0.39, 0.29) is 23.5 Å². The molecule has 0 aliphatic carbocycles. The highest BCUT2D eigenvalue weighted by Gasteiger charge is 2.27. The van der Waals surface area contributed by atoms with E-state index < -0.39 is 22.5 Å². The molecule has 0 aliphatic heterocycles. The van der Waals surface area contributed by atoms with Crippen LogP contribution in [0.5, 0.6) is 5.75 Å². The fraction of sp³-hybridized carbons (Fsp3) is 0.206. The maximum Gasteiger partial charge on any atom is 0.264 e. The van der Waals surface area contributed by atoms with Crippen LogP contribution in [0.1, 0.15) is 40.8 Å². The van der Waals surface area contributed by atoms with Gasteiger partial charge in [-0.15, -0.1) is 0 Å². The molecule has 4 rings (SSSR count). The number of anilines is 1. The van der Waals surface area contributed by atoms with Gasteiger partial charge in [-0.3, -0.25) is 13.9 Å². The molecule has 0 bridgehead atoms. The molecule has 0 fully saturated rings. The zero-order chi connectivity index (χ0) is 31.7. The summed E-state index contributed by atoms with van der Waals surface area (Å²) in [5, 5.41) is 6.90. The molecule has 4 aromatic carbocycles. The fourth-order valence-electron chi connectivity index (χ4n) is 4.50. The van der Waals surface area contributed by atoms with Gasteiger partial charge >= 0.3 is 0 Å². The van der Waals surface area contributed by atoms with E-state index in [9.17, 15) is 18.0 Å². The van der Waals surface area contributed by atoms with E-state index in [4.69, 9.17) is 4.74 Å². The summed E-state index contributed by atoms with van der Waals surface area (Å²) in [6, 6.07) is 28.2. The van der Waals surface area contributed by atoms with E-state index >= 15 is 0 Å². The van der Waals surface area contributed by atoms with Gasteiger partial charge in [-0.1, -0.05) is 54.1 Å². The molecule has 1 atom stereocenters. The zero-order valence-corrected chi connectivity index (χ0v) is 26.0. The Morgan fingerprint density at radius 3 is 2.11 bits per heavy atom. The molecule has 0 unspecified atom stereocenters. The van der Waals surface area contributed by atoms with Crippen molar-refractivity contribution >= 4 is 33.7 Å². The average Bonchev–Trinajstić information content (AvgIpc) is 2.99. The van der Waals surface area contributed by atoms with Crippen molar-refractivity contribution in [2.24, 2.45) is 5.10 Å². The summed E-state index contributed by atoms with van der Waals surface area (Å²) in [7, 11) is -4.04. The maximum atomic E-state index is 13.6. The minimum atomic E-state index is -4.04. The quantitative estimate of drug-likeness (QED) is 0.168. The van der Waals surface area contributed by atoms with Crippen LogP contribution < -0.4 is 19.8 Å². The first-order valence-electron chi connectivity index (χ1n) is 14.1. The maximum absolute atomic E-state index is 13.6. The zero-order valence-electron chi connectivity index (χ0n) is 25.2. The van der Waals surface area contributed by atoms with Gasteiger partial charge < -0.3 is 10.1 Å². The molecule has 0 saturated carbocycles. The van der Waals surface area contributed by atoms with Crippen molar-refractivity contribution in [2.75, 3.05) is 17.5 Å². The Labute approximate surface area is 258 Å². The standard InChI is InChI=1S/C34H36N4O5S/c1-24-10-16-32(17-11-24)44(41,42)38(30-19-25(2)18-26(3)20-30)22-33(39)37-35-21-28-12-14-31(15-13-28)43-23-34(40)36-27(4)29-8-6-5-7-9-29/h5-21,27H,22-23H2,1-4H3,(H,36,40)(H,37,39)/b35-21-/t27-/m0/s1. The Hall–Kier alpha value is -4.96. The molecule has 4 aromatic rings. The van der Waals surface area contributed by atoms with Gasteiger partial charge in [0.1, 0.15) is 12.3 Å². The lowest BCUT2D eigenvalue weighted by Crippen LogP contribution is -2.39. The van der Waals surface area contributed by atoms with Crippen LogP contribution in [0.15, 0.2) is 107 Å². The molecule has 2 N–H and O–H groups in total. The topological polar surface area (TPSA) is 117 Å². The van der Waals surface area contributed by atoms with Crippen molar-refractivity contribution < 1.29 is 22.7 Å². The highest BCUT2D eigenvalue weighted by molar-refractivity contribution is 7.92. The lowest BCUT2D eigenvalue weighted by Gasteiger charge is -2.24. The van der Waals surface area contributed by atoms with Crippen molar-refractivity contribution in [3.8, 4) is 5.75 Å². The summed E-state index contributed by atoms with van der Waals surface area (Å²) in [5.74, 6) is -0.347. The number of hydrogen-bond donors (Lipinski definition) is 2. The number of nitrogens with one attached hydrogen (secondary N) is 2. The van der Waals surface area contributed by atoms with Crippen molar-refractivity contribution in [3.05, 3.63) is 125 Å². The van der Waals surface area contributed by atoms with Crippen molar-refractivity contribution in [1.82, 2.24) is 10.7 Å². The van der Waals surface area contributed by atoms with Crippen molar-refractivity contribution in [2.45, 2.75) is 38.6 Å². The molecule has 228 valence electrons. The molecular weight excluding hydrogens is 576 g/mol. The number of ether oxygens (including phenoxy) is 1. The second-order valence-electron chi connectivity index (χ2n) is 10.5. The summed E-state index contributed by atoms with van der Waals surface area (Å²) >= 11 is 0. The molecule has 0 heterocycles. The molecule has 10 heteroatoms. The van der Waals surface area contributed by atoms with E-state index in [2.05, 4.69) is 15.8 Å². The molecule has 0 saturated heterocycles. The molecular formula is C34H36N4O5S. The summed E-state index contributed by atoms with van der Waals surface area (Å²) in [6.07, 6.45) is 1.44. The van der Waals surface area contributed by atoms with E-state index in [0.717, 1.165) is 26.6 Å². The number of carbonyl (C=O) groups excluding carboxylic acids is 2. The van der Waals surface area contributed by atoms with Crippen LogP contribution in [0.25, 0.3) is 0 Å². The first kappa shape index (κ1) is 32.0. The predicted octanol–water partition coefficient (Wildman–Crippen LogP) is 5.21. The van der Waals surface area contributed by atoms with E-state index in [1.165, 1.54) is 18.3 Å². The number of nitrogens with zero attached hydrogens (tertiary/aromatic N) is 2. The van der Waals surface area contributed by atoms with E-state index in [1.54, 1.807) is 48.5 Å². The smallest absolute Gasteiger partial charge is 0.264 e. The first-order chi connectivity index (χ1) is 21.0. The Balaban J connectivity index is 1.35. The first-order valence-corrected chi connectivity index (χ1v) is 15.5. The fourth-order valence-corrected chi connectivity index (χ4v) is 5.90. The summed E-state index contributed by atoms with van der Waals surface area (Å²) in [6.45, 7) is 6.92. The third-order valence-electron chi connectivity index (χ3n) is 6.72. The van der Waals surface area contributed by atoms with Crippen molar-refractivity contribution in [1.29, 1.82) is 0 Å². The number of carbonyl (C=O) groups is 2. The van der Waals surface area contributed by atoms with Gasteiger partial charge in [-0.05, 0) is 98.5 Å². The summed E-state index contributed by atoms with van der Waals surface area (Å²) in [4.78, 5) is 25.3. The molecule has 44 heavy (non-hydrogen) atoms. The lowest BCUT2D eigenvalue weighted by atomic mass is 10.1. The van der Waals surface area contributed by atoms with Crippen LogP contribution in [0.4, 0.5) is 5.69 Å². The Bertz CT molecular complexity index is 1700. The third kappa shape index (κ3) is 8.78. The third-order valence-corrected chi connectivity index (χ3v) is 8.51. The van der Waals surface area contributed by atoms with Crippen LogP contribution in [-0.2, 0) is 19.6 Å². The molecule has 0 radical (unpaired) electrons.